The van der Waals surface area contributed by atoms with Crippen molar-refractivity contribution in [2.24, 2.45) is 0 Å². The summed E-state index contributed by atoms with van der Waals surface area (Å²) < 4.78 is 7.65. The predicted octanol–water partition coefficient (Wildman–Crippen LogP) is 3.33. The minimum atomic E-state index is -0.366. The molecule has 0 aliphatic carbocycles. The maximum atomic E-state index is 12.2. The van der Waals surface area contributed by atoms with Gasteiger partial charge in [0, 0.05) is 49.4 Å². The summed E-state index contributed by atoms with van der Waals surface area (Å²) in [6, 6.07) is 9.97. The van der Waals surface area contributed by atoms with E-state index in [1.54, 1.807) is 6.26 Å². The van der Waals surface area contributed by atoms with E-state index < -0.39 is 0 Å². The number of benzene rings is 1. The molecule has 1 unspecified atom stereocenters. The molecule has 1 aliphatic rings. The van der Waals surface area contributed by atoms with Crippen LogP contribution < -0.4 is 10.2 Å². The Morgan fingerprint density at radius 2 is 2.03 bits per heavy atom. The molecule has 0 radical (unpaired) electrons. The van der Waals surface area contributed by atoms with Crippen LogP contribution in [0.25, 0.3) is 22.1 Å². The number of carbonyl (C=O) groups is 2. The normalized spacial score (nSPS) is 16.4. The zero-order valence-corrected chi connectivity index (χ0v) is 17.9. The molecule has 0 bridgehead atoms. The molecule has 2 amide bonds. The highest BCUT2D eigenvalue weighted by Crippen LogP contribution is 2.34. The average Bonchev–Trinajstić information content (AvgIpc) is 3.41. The first-order valence-electron chi connectivity index (χ1n) is 10.5. The zero-order chi connectivity index (χ0) is 22.2. The maximum absolute atomic E-state index is 12.2. The maximum Gasteiger partial charge on any atom is 0.234 e. The number of furan rings is 1. The van der Waals surface area contributed by atoms with Crippen LogP contribution in [0.4, 0.5) is 5.82 Å². The van der Waals surface area contributed by atoms with Gasteiger partial charge in [0.2, 0.25) is 11.8 Å². The standard InChI is InChI=1S/C24H23N5O3/c1-28(2)22-7-3-15(10-25-22)12-29-13-17(11-26-29)16-4-5-18-20(14-32-21(18)9-16)19-6-8-23(30)27-24(19)31/h3-5,7,9-11,13-14,19H,6,8,12H2,1-2H3,(H,27,30,31). The summed E-state index contributed by atoms with van der Waals surface area (Å²) in [7, 11) is 3.93. The number of nitrogens with one attached hydrogen (secondary N) is 1. The summed E-state index contributed by atoms with van der Waals surface area (Å²) >= 11 is 0. The second-order valence-corrected chi connectivity index (χ2v) is 8.25. The van der Waals surface area contributed by atoms with Crippen molar-refractivity contribution in [1.82, 2.24) is 20.1 Å². The summed E-state index contributed by atoms with van der Waals surface area (Å²) in [5.74, 6) is 0.0681. The number of hydrogen-bond acceptors (Lipinski definition) is 6. The Hall–Kier alpha value is -3.94. The average molecular weight is 429 g/mol. The van der Waals surface area contributed by atoms with E-state index in [-0.39, 0.29) is 17.7 Å². The number of imide groups is 1. The number of nitrogens with zero attached hydrogens (tertiary/aromatic N) is 4. The van der Waals surface area contributed by atoms with E-state index in [0.29, 0.717) is 25.0 Å². The molecular formula is C24H23N5O3. The van der Waals surface area contributed by atoms with E-state index in [9.17, 15) is 9.59 Å². The van der Waals surface area contributed by atoms with Crippen molar-refractivity contribution in [2.45, 2.75) is 25.3 Å². The summed E-state index contributed by atoms with van der Waals surface area (Å²) in [6.45, 7) is 0.628. The van der Waals surface area contributed by atoms with Crippen molar-refractivity contribution in [1.29, 1.82) is 0 Å². The van der Waals surface area contributed by atoms with Gasteiger partial charge in [0.1, 0.15) is 11.4 Å². The lowest BCUT2D eigenvalue weighted by Gasteiger charge is -2.19. The molecule has 3 aromatic heterocycles. The lowest BCUT2D eigenvalue weighted by molar-refractivity contribution is -0.134. The van der Waals surface area contributed by atoms with E-state index in [1.165, 1.54) is 0 Å². The van der Waals surface area contributed by atoms with Gasteiger partial charge in [0.25, 0.3) is 0 Å². The molecule has 1 atom stereocenters. The zero-order valence-electron chi connectivity index (χ0n) is 17.9. The lowest BCUT2D eigenvalue weighted by Crippen LogP contribution is -2.39. The van der Waals surface area contributed by atoms with Gasteiger partial charge in [-0.15, -0.1) is 0 Å². The molecule has 4 aromatic rings. The number of anilines is 1. The van der Waals surface area contributed by atoms with Crippen LogP contribution in [0, 0.1) is 0 Å². The fourth-order valence-corrected chi connectivity index (χ4v) is 4.05. The molecule has 32 heavy (non-hydrogen) atoms. The van der Waals surface area contributed by atoms with Crippen LogP contribution in [-0.2, 0) is 16.1 Å². The van der Waals surface area contributed by atoms with Crippen LogP contribution in [0.3, 0.4) is 0 Å². The van der Waals surface area contributed by atoms with Crippen LogP contribution >= 0.6 is 0 Å². The van der Waals surface area contributed by atoms with Gasteiger partial charge in [0.15, 0.2) is 0 Å². The summed E-state index contributed by atoms with van der Waals surface area (Å²) in [5, 5.41) is 7.79. The molecule has 5 rings (SSSR count). The van der Waals surface area contributed by atoms with E-state index >= 15 is 0 Å². The quantitative estimate of drug-likeness (QED) is 0.489. The molecule has 1 aromatic carbocycles. The Balaban J connectivity index is 1.36. The number of piperidine rings is 1. The lowest BCUT2D eigenvalue weighted by atomic mass is 9.90. The highest BCUT2D eigenvalue weighted by Gasteiger charge is 2.30. The third-order valence-electron chi connectivity index (χ3n) is 5.80. The summed E-state index contributed by atoms with van der Waals surface area (Å²) in [4.78, 5) is 30.1. The smallest absolute Gasteiger partial charge is 0.234 e. The third-order valence-corrected chi connectivity index (χ3v) is 5.80. The van der Waals surface area contributed by atoms with Crippen molar-refractivity contribution in [3.05, 3.63) is 66.3 Å². The van der Waals surface area contributed by atoms with Crippen molar-refractivity contribution < 1.29 is 14.0 Å². The predicted molar refractivity (Wildman–Crippen MR) is 120 cm³/mol. The molecule has 8 nitrogen and oxygen atoms in total. The second kappa shape index (κ2) is 7.96. The van der Waals surface area contributed by atoms with Gasteiger partial charge in [0.05, 0.1) is 24.9 Å². The van der Waals surface area contributed by atoms with Crippen LogP contribution in [0.1, 0.15) is 29.9 Å². The first-order valence-corrected chi connectivity index (χ1v) is 10.5. The van der Waals surface area contributed by atoms with Gasteiger partial charge in [-0.05, 0) is 29.7 Å². The summed E-state index contributed by atoms with van der Waals surface area (Å²) in [5.41, 5.74) is 4.55. The Labute approximate surface area is 184 Å². The minimum Gasteiger partial charge on any atom is -0.464 e. The highest BCUT2D eigenvalue weighted by molar-refractivity contribution is 6.02. The fraction of sp³-hybridized carbons (Fsp3) is 0.250. The molecule has 1 aliphatic heterocycles. The number of rotatable bonds is 5. The first kappa shape index (κ1) is 20.0. The number of pyridine rings is 1. The minimum absolute atomic E-state index is 0.220. The molecule has 0 saturated carbocycles. The van der Waals surface area contributed by atoms with Crippen LogP contribution in [-0.4, -0.2) is 40.7 Å². The monoisotopic (exact) mass is 429 g/mol. The first-order chi connectivity index (χ1) is 15.5. The van der Waals surface area contributed by atoms with Gasteiger partial charge in [-0.2, -0.15) is 5.10 Å². The molecular weight excluding hydrogens is 406 g/mol. The number of fused-ring (bicyclic) bond motifs is 1. The molecule has 1 saturated heterocycles. The van der Waals surface area contributed by atoms with Crippen molar-refractivity contribution in [2.75, 3.05) is 19.0 Å². The molecule has 162 valence electrons. The summed E-state index contributed by atoms with van der Waals surface area (Å²) in [6.07, 6.45) is 8.15. The van der Waals surface area contributed by atoms with Crippen LogP contribution in [0.15, 0.2) is 59.6 Å². The van der Waals surface area contributed by atoms with Crippen molar-refractivity contribution in [3.63, 3.8) is 0 Å². The van der Waals surface area contributed by atoms with Gasteiger partial charge in [-0.3, -0.25) is 19.6 Å². The molecule has 1 fully saturated rings. The largest absolute Gasteiger partial charge is 0.464 e. The molecule has 0 spiro atoms. The Morgan fingerprint density at radius 1 is 1.16 bits per heavy atom. The van der Waals surface area contributed by atoms with Gasteiger partial charge in [-0.25, -0.2) is 4.98 Å². The van der Waals surface area contributed by atoms with Gasteiger partial charge < -0.3 is 9.32 Å². The van der Waals surface area contributed by atoms with Gasteiger partial charge >= 0.3 is 0 Å². The highest BCUT2D eigenvalue weighted by atomic mass is 16.3. The molecule has 8 heteroatoms. The van der Waals surface area contributed by atoms with Crippen molar-refractivity contribution in [3.8, 4) is 11.1 Å². The molecule has 1 N–H and O–H groups in total. The van der Waals surface area contributed by atoms with E-state index in [1.807, 2.05) is 66.5 Å². The number of hydrogen-bond donors (Lipinski definition) is 1. The van der Waals surface area contributed by atoms with E-state index in [0.717, 1.165) is 33.5 Å². The fourth-order valence-electron chi connectivity index (χ4n) is 4.05. The Kier molecular flexibility index (Phi) is 4.97. The number of amides is 2. The third kappa shape index (κ3) is 3.75. The van der Waals surface area contributed by atoms with Gasteiger partial charge in [-0.1, -0.05) is 18.2 Å². The number of aromatic nitrogens is 3. The Morgan fingerprint density at radius 3 is 2.78 bits per heavy atom. The van der Waals surface area contributed by atoms with Crippen molar-refractivity contribution >= 4 is 28.6 Å². The van der Waals surface area contributed by atoms with Crippen LogP contribution in [0.2, 0.25) is 0 Å². The molecule has 4 heterocycles. The second-order valence-electron chi connectivity index (χ2n) is 8.25. The van der Waals surface area contributed by atoms with E-state index in [4.69, 9.17) is 4.42 Å². The SMILES string of the molecule is CN(C)c1ccc(Cn2cc(-c3ccc4c(C5CCC(=O)NC5=O)coc4c3)cn2)cn1. The van der Waals surface area contributed by atoms with Crippen LogP contribution in [0.5, 0.6) is 0 Å². The van der Waals surface area contributed by atoms with E-state index in [2.05, 4.69) is 21.5 Å². The Bertz CT molecular complexity index is 1300. The number of carbonyl (C=O) groups excluding carboxylic acids is 2. The topological polar surface area (TPSA) is 93.3 Å².